The molecule has 0 aromatic carbocycles. The molecule has 2 aliphatic rings. The van der Waals surface area contributed by atoms with Gasteiger partial charge in [0.2, 0.25) is 0 Å². The SMILES string of the molecule is N[C@@H]1CCCN(CCCC2CCCCC2)C1. The van der Waals surface area contributed by atoms with Crippen molar-refractivity contribution in [1.82, 2.24) is 4.90 Å². The minimum absolute atomic E-state index is 0.448. The number of nitrogens with zero attached hydrogens (tertiary/aromatic N) is 1. The third-order valence-corrected chi connectivity index (χ3v) is 4.35. The second-order valence-corrected chi connectivity index (χ2v) is 5.85. The third kappa shape index (κ3) is 4.06. The highest BCUT2D eigenvalue weighted by molar-refractivity contribution is 4.75. The summed E-state index contributed by atoms with van der Waals surface area (Å²) in [6.07, 6.45) is 12.9. The molecule has 1 aliphatic heterocycles. The summed E-state index contributed by atoms with van der Waals surface area (Å²) in [6.45, 7) is 3.73. The van der Waals surface area contributed by atoms with Gasteiger partial charge in [-0.1, -0.05) is 32.1 Å². The Balaban J connectivity index is 1.56. The van der Waals surface area contributed by atoms with Gasteiger partial charge < -0.3 is 10.6 Å². The molecule has 2 N–H and O–H groups in total. The van der Waals surface area contributed by atoms with Gasteiger partial charge in [0.15, 0.2) is 0 Å². The van der Waals surface area contributed by atoms with Gasteiger partial charge in [0.05, 0.1) is 0 Å². The van der Waals surface area contributed by atoms with Crippen LogP contribution in [0.15, 0.2) is 0 Å². The summed E-state index contributed by atoms with van der Waals surface area (Å²) in [7, 11) is 0. The van der Waals surface area contributed by atoms with E-state index < -0.39 is 0 Å². The van der Waals surface area contributed by atoms with Crippen LogP contribution < -0.4 is 5.73 Å². The van der Waals surface area contributed by atoms with Crippen LogP contribution in [0.2, 0.25) is 0 Å². The van der Waals surface area contributed by atoms with E-state index in [0.29, 0.717) is 6.04 Å². The molecule has 16 heavy (non-hydrogen) atoms. The molecule has 1 saturated heterocycles. The van der Waals surface area contributed by atoms with Crippen molar-refractivity contribution in [3.63, 3.8) is 0 Å². The van der Waals surface area contributed by atoms with Crippen LogP contribution in [0.25, 0.3) is 0 Å². The highest BCUT2D eigenvalue weighted by Gasteiger charge is 2.17. The van der Waals surface area contributed by atoms with Crippen LogP contribution in [-0.4, -0.2) is 30.6 Å². The topological polar surface area (TPSA) is 29.3 Å². The summed E-state index contributed by atoms with van der Waals surface area (Å²) in [6, 6.07) is 0.448. The molecule has 2 fully saturated rings. The first-order valence-corrected chi connectivity index (χ1v) is 7.32. The van der Waals surface area contributed by atoms with Crippen molar-refractivity contribution in [2.24, 2.45) is 11.7 Å². The number of likely N-dealkylation sites (tertiary alicyclic amines) is 1. The summed E-state index contributed by atoms with van der Waals surface area (Å²) >= 11 is 0. The van der Waals surface area contributed by atoms with Gasteiger partial charge >= 0.3 is 0 Å². The molecule has 0 amide bonds. The Kier molecular flexibility index (Phi) is 5.11. The average molecular weight is 224 g/mol. The van der Waals surface area contributed by atoms with Crippen molar-refractivity contribution in [1.29, 1.82) is 0 Å². The van der Waals surface area contributed by atoms with E-state index in [9.17, 15) is 0 Å². The van der Waals surface area contributed by atoms with Crippen LogP contribution in [0, 0.1) is 5.92 Å². The first kappa shape index (κ1) is 12.4. The quantitative estimate of drug-likeness (QED) is 0.795. The molecular formula is C14H28N2. The smallest absolute Gasteiger partial charge is 0.0168 e. The van der Waals surface area contributed by atoms with Gasteiger partial charge in [-0.05, 0) is 44.7 Å². The van der Waals surface area contributed by atoms with Gasteiger partial charge in [-0.25, -0.2) is 0 Å². The zero-order valence-corrected chi connectivity index (χ0v) is 10.7. The van der Waals surface area contributed by atoms with E-state index in [0.717, 1.165) is 12.5 Å². The van der Waals surface area contributed by atoms with E-state index in [1.54, 1.807) is 0 Å². The Bertz CT molecular complexity index is 187. The first-order chi connectivity index (χ1) is 7.84. The Morgan fingerprint density at radius 1 is 1.00 bits per heavy atom. The van der Waals surface area contributed by atoms with Crippen molar-refractivity contribution in [2.75, 3.05) is 19.6 Å². The predicted octanol–water partition coefficient (Wildman–Crippen LogP) is 2.77. The molecule has 0 spiro atoms. The highest BCUT2D eigenvalue weighted by Crippen LogP contribution is 2.27. The van der Waals surface area contributed by atoms with E-state index >= 15 is 0 Å². The second-order valence-electron chi connectivity index (χ2n) is 5.85. The Morgan fingerprint density at radius 2 is 1.81 bits per heavy atom. The van der Waals surface area contributed by atoms with Gasteiger partial charge in [-0.15, -0.1) is 0 Å². The fraction of sp³-hybridized carbons (Fsp3) is 1.00. The number of piperidine rings is 1. The molecule has 2 rings (SSSR count). The van der Waals surface area contributed by atoms with Crippen LogP contribution in [0.3, 0.4) is 0 Å². The monoisotopic (exact) mass is 224 g/mol. The largest absolute Gasteiger partial charge is 0.327 e. The zero-order valence-electron chi connectivity index (χ0n) is 10.7. The van der Waals surface area contributed by atoms with Gasteiger partial charge in [0, 0.05) is 12.6 Å². The Labute approximate surface area is 101 Å². The molecule has 0 unspecified atom stereocenters. The number of hydrogen-bond acceptors (Lipinski definition) is 2. The molecule has 2 heteroatoms. The van der Waals surface area contributed by atoms with Gasteiger partial charge in [0.1, 0.15) is 0 Å². The van der Waals surface area contributed by atoms with Crippen molar-refractivity contribution in [3.05, 3.63) is 0 Å². The Hall–Kier alpha value is -0.0800. The van der Waals surface area contributed by atoms with Gasteiger partial charge in [-0.3, -0.25) is 0 Å². The first-order valence-electron chi connectivity index (χ1n) is 7.32. The van der Waals surface area contributed by atoms with Crippen molar-refractivity contribution >= 4 is 0 Å². The summed E-state index contributed by atoms with van der Waals surface area (Å²) in [5.41, 5.74) is 6.00. The molecular weight excluding hydrogens is 196 g/mol. The fourth-order valence-electron chi connectivity index (χ4n) is 3.37. The van der Waals surface area contributed by atoms with Crippen LogP contribution >= 0.6 is 0 Å². The molecule has 0 radical (unpaired) electrons. The van der Waals surface area contributed by atoms with Crippen LogP contribution in [0.5, 0.6) is 0 Å². The van der Waals surface area contributed by atoms with E-state index in [1.807, 2.05) is 0 Å². The molecule has 94 valence electrons. The van der Waals surface area contributed by atoms with Crippen LogP contribution in [0.4, 0.5) is 0 Å². The lowest BCUT2D eigenvalue weighted by Gasteiger charge is -2.31. The minimum Gasteiger partial charge on any atom is -0.327 e. The Morgan fingerprint density at radius 3 is 2.56 bits per heavy atom. The molecule has 1 saturated carbocycles. The predicted molar refractivity (Wildman–Crippen MR) is 69.5 cm³/mol. The van der Waals surface area contributed by atoms with Gasteiger partial charge in [0.25, 0.3) is 0 Å². The maximum absolute atomic E-state index is 6.00. The lowest BCUT2D eigenvalue weighted by Crippen LogP contribution is -2.43. The standard InChI is InChI=1S/C14H28N2/c15-14-9-5-11-16(12-14)10-4-8-13-6-2-1-3-7-13/h13-14H,1-12,15H2/t14-/m1/s1. The van der Waals surface area contributed by atoms with E-state index in [2.05, 4.69) is 4.90 Å². The molecule has 0 aromatic heterocycles. The minimum atomic E-state index is 0.448. The van der Waals surface area contributed by atoms with Gasteiger partial charge in [-0.2, -0.15) is 0 Å². The normalized spacial score (nSPS) is 29.4. The van der Waals surface area contributed by atoms with Crippen LogP contribution in [0.1, 0.15) is 57.8 Å². The number of rotatable bonds is 4. The lowest BCUT2D eigenvalue weighted by molar-refractivity contribution is 0.198. The summed E-state index contributed by atoms with van der Waals surface area (Å²) in [5, 5.41) is 0. The van der Waals surface area contributed by atoms with Crippen molar-refractivity contribution < 1.29 is 0 Å². The number of nitrogens with two attached hydrogens (primary N) is 1. The van der Waals surface area contributed by atoms with Crippen molar-refractivity contribution in [2.45, 2.75) is 63.8 Å². The van der Waals surface area contributed by atoms with Crippen molar-refractivity contribution in [3.8, 4) is 0 Å². The fourth-order valence-corrected chi connectivity index (χ4v) is 3.37. The van der Waals surface area contributed by atoms with E-state index in [1.165, 1.54) is 70.9 Å². The third-order valence-electron chi connectivity index (χ3n) is 4.35. The summed E-state index contributed by atoms with van der Waals surface area (Å²) in [4.78, 5) is 2.58. The van der Waals surface area contributed by atoms with E-state index in [4.69, 9.17) is 5.73 Å². The molecule has 1 atom stereocenters. The highest BCUT2D eigenvalue weighted by atomic mass is 15.1. The maximum Gasteiger partial charge on any atom is 0.0168 e. The lowest BCUT2D eigenvalue weighted by atomic mass is 9.86. The van der Waals surface area contributed by atoms with E-state index in [-0.39, 0.29) is 0 Å². The molecule has 1 aliphatic carbocycles. The molecule has 0 aromatic rings. The molecule has 0 bridgehead atoms. The van der Waals surface area contributed by atoms with Crippen LogP contribution in [-0.2, 0) is 0 Å². The average Bonchev–Trinajstić information content (AvgIpc) is 2.30. The molecule has 2 nitrogen and oxygen atoms in total. The zero-order chi connectivity index (χ0) is 11.2. The summed E-state index contributed by atoms with van der Waals surface area (Å²) < 4.78 is 0. The maximum atomic E-state index is 6.00. The summed E-state index contributed by atoms with van der Waals surface area (Å²) in [5.74, 6) is 1.05. The number of hydrogen-bond donors (Lipinski definition) is 1. The molecule has 1 heterocycles. The second kappa shape index (κ2) is 6.61.